The van der Waals surface area contributed by atoms with Crippen molar-refractivity contribution in [2.24, 2.45) is 28.3 Å². The number of halogens is 3. The molecule has 0 aromatic heterocycles. The van der Waals surface area contributed by atoms with E-state index in [4.69, 9.17) is 16.2 Å². The zero-order chi connectivity index (χ0) is 20.9. The topological polar surface area (TPSA) is 106 Å². The van der Waals surface area contributed by atoms with Gasteiger partial charge in [-0.25, -0.2) is 14.7 Å². The molecule has 3 atom stereocenters. The molecule has 2 fully saturated rings. The molecule has 2 saturated carbocycles. The number of amidine groups is 1. The largest absolute Gasteiger partial charge is 0.443 e. The molecule has 2 bridgehead atoms. The van der Waals surface area contributed by atoms with Gasteiger partial charge >= 0.3 is 12.3 Å². The van der Waals surface area contributed by atoms with Crippen LogP contribution in [0.2, 0.25) is 0 Å². The first-order chi connectivity index (χ1) is 12.8. The van der Waals surface area contributed by atoms with E-state index in [0.717, 1.165) is 12.8 Å². The molecular weight excluding hydrogens is 375 g/mol. The third-order valence-corrected chi connectivity index (χ3v) is 5.49. The fraction of sp³-hybridized carbons (Fsp3) is 0.778. The highest BCUT2D eigenvalue weighted by Crippen LogP contribution is 2.41. The first-order valence-corrected chi connectivity index (χ1v) is 9.51. The number of fused-ring (bicyclic) bond motifs is 2. The molecule has 0 aromatic rings. The molecule has 5 N–H and O–H groups in total. The predicted octanol–water partition coefficient (Wildman–Crippen LogP) is 2.43. The quantitative estimate of drug-likeness (QED) is 0.624. The lowest BCUT2D eigenvalue weighted by Crippen LogP contribution is -2.52. The smallest absolute Gasteiger partial charge is 0.421 e. The van der Waals surface area contributed by atoms with Gasteiger partial charge in [0, 0.05) is 18.3 Å². The van der Waals surface area contributed by atoms with Crippen molar-refractivity contribution in [3.05, 3.63) is 11.8 Å². The number of aliphatic imine (C=N–C) groups is 1. The minimum Gasteiger partial charge on any atom is -0.443 e. The van der Waals surface area contributed by atoms with E-state index in [1.807, 2.05) is 0 Å². The van der Waals surface area contributed by atoms with E-state index in [1.54, 1.807) is 20.8 Å². The van der Waals surface area contributed by atoms with Crippen LogP contribution in [0.3, 0.4) is 0 Å². The third kappa shape index (κ3) is 4.43. The normalized spacial score (nSPS) is 33.3. The molecule has 3 unspecified atom stereocenters. The molecule has 0 radical (unpaired) electrons. The SMILES string of the molecule is CC(C)(C)OC(=O)N1C=C(C(F)(F)F)C(NC2CC3CCC(C2)C3N)=NC1N. The van der Waals surface area contributed by atoms with Crippen molar-refractivity contribution in [1.29, 1.82) is 0 Å². The second-order valence-corrected chi connectivity index (χ2v) is 8.81. The number of alkyl halides is 3. The molecule has 28 heavy (non-hydrogen) atoms. The van der Waals surface area contributed by atoms with Crippen LogP contribution >= 0.6 is 0 Å². The molecule has 1 heterocycles. The molecule has 10 heteroatoms. The second-order valence-electron chi connectivity index (χ2n) is 8.81. The van der Waals surface area contributed by atoms with E-state index in [9.17, 15) is 18.0 Å². The van der Waals surface area contributed by atoms with E-state index < -0.39 is 29.7 Å². The fourth-order valence-electron chi connectivity index (χ4n) is 4.22. The van der Waals surface area contributed by atoms with E-state index >= 15 is 0 Å². The summed E-state index contributed by atoms with van der Waals surface area (Å²) < 4.78 is 46.1. The van der Waals surface area contributed by atoms with Crippen molar-refractivity contribution in [2.75, 3.05) is 0 Å². The number of hydrogen-bond donors (Lipinski definition) is 3. The fourth-order valence-corrected chi connectivity index (χ4v) is 4.22. The van der Waals surface area contributed by atoms with E-state index in [2.05, 4.69) is 10.3 Å². The Hall–Kier alpha value is -1.81. The lowest BCUT2D eigenvalue weighted by molar-refractivity contribution is -0.0881. The van der Waals surface area contributed by atoms with Gasteiger partial charge in [0.1, 0.15) is 17.0 Å². The Bertz CT molecular complexity index is 672. The Morgan fingerprint density at radius 1 is 1.21 bits per heavy atom. The standard InChI is InChI=1S/C18H28F3N5O2/c1-17(2,3)28-16(27)26-8-12(18(19,20)21)14(25-15(26)23)24-11-6-9-4-5-10(7-11)13(9)22/h8-11,13,15H,4-7,22-23H2,1-3H3,(H,24,25). The Morgan fingerprint density at radius 3 is 2.29 bits per heavy atom. The zero-order valence-corrected chi connectivity index (χ0v) is 16.3. The molecule has 0 aromatic carbocycles. The van der Waals surface area contributed by atoms with Crippen LogP contribution in [0.1, 0.15) is 46.5 Å². The van der Waals surface area contributed by atoms with Crippen LogP contribution in [0.5, 0.6) is 0 Å². The minimum atomic E-state index is -4.70. The van der Waals surface area contributed by atoms with Crippen molar-refractivity contribution in [3.63, 3.8) is 0 Å². The summed E-state index contributed by atoms with van der Waals surface area (Å²) in [5, 5.41) is 2.92. The summed E-state index contributed by atoms with van der Waals surface area (Å²) >= 11 is 0. The maximum Gasteiger partial charge on any atom is 0.421 e. The highest BCUT2D eigenvalue weighted by molar-refractivity contribution is 6.01. The molecule has 0 saturated heterocycles. The molecule has 3 rings (SSSR count). The summed E-state index contributed by atoms with van der Waals surface area (Å²) in [5.41, 5.74) is 10.1. The van der Waals surface area contributed by atoms with Crippen LogP contribution in [0, 0.1) is 11.8 Å². The van der Waals surface area contributed by atoms with Gasteiger partial charge in [-0.3, -0.25) is 5.73 Å². The van der Waals surface area contributed by atoms with Crippen LogP contribution in [0.4, 0.5) is 18.0 Å². The average Bonchev–Trinajstić information content (AvgIpc) is 2.74. The van der Waals surface area contributed by atoms with Gasteiger partial charge in [-0.1, -0.05) is 0 Å². The molecule has 7 nitrogen and oxygen atoms in total. The van der Waals surface area contributed by atoms with E-state index in [-0.39, 0.29) is 17.9 Å². The van der Waals surface area contributed by atoms with Crippen LogP contribution in [0.15, 0.2) is 16.8 Å². The summed E-state index contributed by atoms with van der Waals surface area (Å²) in [6.45, 7) is 4.85. The summed E-state index contributed by atoms with van der Waals surface area (Å²) in [6.07, 6.45) is -2.89. The van der Waals surface area contributed by atoms with Crippen LogP contribution in [-0.2, 0) is 4.74 Å². The van der Waals surface area contributed by atoms with Gasteiger partial charge in [0.15, 0.2) is 6.29 Å². The van der Waals surface area contributed by atoms with Crippen LogP contribution in [-0.4, -0.2) is 47.0 Å². The number of ether oxygens (including phenoxy) is 1. The molecule has 158 valence electrons. The highest BCUT2D eigenvalue weighted by Gasteiger charge is 2.45. The number of rotatable bonds is 1. The number of nitrogens with zero attached hydrogens (tertiary/aromatic N) is 2. The monoisotopic (exact) mass is 403 g/mol. The highest BCUT2D eigenvalue weighted by atomic mass is 19.4. The summed E-state index contributed by atoms with van der Waals surface area (Å²) in [6, 6.07) is -0.0315. The number of nitrogens with one attached hydrogen (secondary N) is 1. The molecule has 3 aliphatic rings. The maximum atomic E-state index is 13.6. The van der Waals surface area contributed by atoms with Gasteiger partial charge in [0.05, 0.1) is 0 Å². The van der Waals surface area contributed by atoms with Crippen molar-refractivity contribution < 1.29 is 22.7 Å². The van der Waals surface area contributed by atoms with Crippen molar-refractivity contribution in [3.8, 4) is 0 Å². The van der Waals surface area contributed by atoms with Gasteiger partial charge in [-0.15, -0.1) is 0 Å². The van der Waals surface area contributed by atoms with Gasteiger partial charge < -0.3 is 15.8 Å². The van der Waals surface area contributed by atoms with E-state index in [0.29, 0.717) is 35.8 Å². The van der Waals surface area contributed by atoms with Crippen LogP contribution < -0.4 is 16.8 Å². The van der Waals surface area contributed by atoms with Crippen molar-refractivity contribution >= 4 is 11.9 Å². The van der Waals surface area contributed by atoms with Crippen molar-refractivity contribution in [1.82, 2.24) is 10.2 Å². The van der Waals surface area contributed by atoms with Crippen LogP contribution in [0.25, 0.3) is 0 Å². The van der Waals surface area contributed by atoms with Crippen molar-refractivity contribution in [2.45, 2.75) is 76.6 Å². The number of carbonyl (C=O) groups is 1. The second kappa shape index (κ2) is 7.22. The summed E-state index contributed by atoms with van der Waals surface area (Å²) in [7, 11) is 0. The van der Waals surface area contributed by atoms with Gasteiger partial charge in [0.25, 0.3) is 0 Å². The zero-order valence-electron chi connectivity index (χ0n) is 16.3. The van der Waals surface area contributed by atoms with Gasteiger partial charge in [-0.2, -0.15) is 13.2 Å². The first kappa shape index (κ1) is 20.9. The molecular formula is C18H28F3N5O2. The lowest BCUT2D eigenvalue weighted by Gasteiger charge is -2.36. The number of amides is 1. The van der Waals surface area contributed by atoms with Gasteiger partial charge in [0.2, 0.25) is 0 Å². The minimum absolute atomic E-state index is 0.119. The summed E-state index contributed by atoms with van der Waals surface area (Å²) in [5.74, 6) is 0.288. The Labute approximate surface area is 162 Å². The number of hydrogen-bond acceptors (Lipinski definition) is 6. The maximum absolute atomic E-state index is 13.6. The number of nitrogens with two attached hydrogens (primary N) is 2. The Morgan fingerprint density at radius 2 is 1.79 bits per heavy atom. The lowest BCUT2D eigenvalue weighted by atomic mass is 9.81. The Kier molecular flexibility index (Phi) is 5.39. The number of carbonyl (C=O) groups excluding carboxylic acids is 1. The summed E-state index contributed by atoms with van der Waals surface area (Å²) in [4.78, 5) is 16.8. The average molecular weight is 403 g/mol. The molecule has 1 amide bonds. The third-order valence-electron chi connectivity index (χ3n) is 5.49. The first-order valence-electron chi connectivity index (χ1n) is 9.51. The molecule has 0 spiro atoms. The van der Waals surface area contributed by atoms with E-state index in [1.165, 1.54) is 0 Å². The van der Waals surface area contributed by atoms with Gasteiger partial charge in [-0.05, 0) is 58.3 Å². The predicted molar refractivity (Wildman–Crippen MR) is 98.0 cm³/mol. The Balaban J connectivity index is 1.79. The molecule has 2 aliphatic carbocycles. The molecule has 1 aliphatic heterocycles.